The zero-order valence-corrected chi connectivity index (χ0v) is 23.2. The minimum absolute atomic E-state index is 0.0928. The van der Waals surface area contributed by atoms with Crippen LogP contribution in [0.2, 0.25) is 0 Å². The lowest BCUT2D eigenvalue weighted by atomic mass is 10.1. The molecule has 13 heteroatoms. The molecule has 0 spiro atoms. The summed E-state index contributed by atoms with van der Waals surface area (Å²) in [5.74, 6) is -0.576. The van der Waals surface area contributed by atoms with Gasteiger partial charge in [-0.15, -0.1) is 0 Å². The first-order chi connectivity index (χ1) is 18.1. The van der Waals surface area contributed by atoms with Crippen LogP contribution in [0.15, 0.2) is 35.1 Å². The maximum Gasteiger partial charge on any atom is 0.294 e. The second kappa shape index (κ2) is 11.6. The normalized spacial score (nSPS) is 23.3. The number of carbonyl (C=O) groups is 2. The van der Waals surface area contributed by atoms with E-state index in [0.29, 0.717) is 28.8 Å². The number of nitrogens with one attached hydrogen (secondary N) is 2. The third kappa shape index (κ3) is 5.89. The summed E-state index contributed by atoms with van der Waals surface area (Å²) in [7, 11) is 3.26. The number of pyridine rings is 1. The first-order valence-electron chi connectivity index (χ1n) is 12.2. The average Bonchev–Trinajstić information content (AvgIpc) is 3.30. The van der Waals surface area contributed by atoms with Crippen LogP contribution in [0.3, 0.4) is 0 Å². The van der Waals surface area contributed by atoms with Crippen molar-refractivity contribution in [1.82, 2.24) is 14.8 Å². The fourth-order valence-corrected chi connectivity index (χ4v) is 5.40. The van der Waals surface area contributed by atoms with Crippen molar-refractivity contribution < 1.29 is 24.0 Å². The number of halogens is 1. The third-order valence-electron chi connectivity index (χ3n) is 6.68. The van der Waals surface area contributed by atoms with E-state index in [2.05, 4.69) is 31.5 Å². The van der Waals surface area contributed by atoms with Gasteiger partial charge in [0.25, 0.3) is 17.5 Å². The lowest BCUT2D eigenvalue weighted by Crippen LogP contribution is -2.48. The van der Waals surface area contributed by atoms with Gasteiger partial charge in [0.2, 0.25) is 0 Å². The van der Waals surface area contributed by atoms with E-state index in [-0.39, 0.29) is 54.1 Å². The van der Waals surface area contributed by atoms with Crippen molar-refractivity contribution in [3.05, 3.63) is 56.3 Å². The minimum Gasteiger partial charge on any atom is -0.387 e. The first kappa shape index (κ1) is 27.7. The van der Waals surface area contributed by atoms with Crippen LogP contribution in [0, 0.1) is 10.1 Å². The van der Waals surface area contributed by atoms with Crippen LogP contribution in [0.25, 0.3) is 0 Å². The zero-order chi connectivity index (χ0) is 27.6. The van der Waals surface area contributed by atoms with Crippen LogP contribution in [0.5, 0.6) is 0 Å². The largest absolute Gasteiger partial charge is 0.387 e. The number of likely N-dealkylation sites (tertiary alicyclic amines) is 1. The maximum atomic E-state index is 13.7. The number of carbonyl (C=O) groups excluding carboxylic acids is 2. The quantitative estimate of drug-likeness (QED) is 0.368. The van der Waals surface area contributed by atoms with E-state index >= 15 is 0 Å². The number of anilines is 2. The highest BCUT2D eigenvalue weighted by Gasteiger charge is 2.39. The van der Waals surface area contributed by atoms with E-state index in [9.17, 15) is 19.7 Å². The Bertz CT molecular complexity index is 1220. The lowest BCUT2D eigenvalue weighted by Gasteiger charge is -2.35. The molecule has 2 aliphatic rings. The fourth-order valence-electron chi connectivity index (χ4n) is 4.95. The summed E-state index contributed by atoms with van der Waals surface area (Å²) in [5.41, 5.74) is 1.12. The molecule has 4 atom stereocenters. The van der Waals surface area contributed by atoms with Gasteiger partial charge in [-0.2, -0.15) is 0 Å². The number of amides is 2. The number of ether oxygens (including phenoxy) is 2. The van der Waals surface area contributed by atoms with Crippen LogP contribution in [0.4, 0.5) is 17.1 Å². The van der Waals surface area contributed by atoms with E-state index < -0.39 is 17.1 Å². The van der Waals surface area contributed by atoms with Crippen molar-refractivity contribution >= 4 is 44.8 Å². The number of nitro benzene ring substituents is 1. The molecule has 0 radical (unpaired) electrons. The molecular weight excluding hydrogens is 560 g/mol. The molecule has 3 heterocycles. The fraction of sp³-hybridized carbons (Fsp3) is 0.480. The van der Waals surface area contributed by atoms with Gasteiger partial charge < -0.3 is 29.9 Å². The molecule has 2 saturated heterocycles. The number of morpholine rings is 1. The molecule has 4 rings (SSSR count). The zero-order valence-electron chi connectivity index (χ0n) is 21.6. The van der Waals surface area contributed by atoms with E-state index in [0.717, 1.165) is 0 Å². The Kier molecular flexibility index (Phi) is 8.48. The number of benzene rings is 1. The predicted molar refractivity (Wildman–Crippen MR) is 145 cm³/mol. The van der Waals surface area contributed by atoms with E-state index in [4.69, 9.17) is 9.47 Å². The Balaban J connectivity index is 1.64. The molecule has 38 heavy (non-hydrogen) atoms. The van der Waals surface area contributed by atoms with E-state index in [1.807, 2.05) is 13.8 Å². The number of hydrogen-bond acceptors (Lipinski definition) is 9. The standard InChI is InChI=1S/C25H31BrN6O6/c1-14-10-30(11-15(2)38-14)25(34)19-6-17(26)7-21(32(35)36)23(19)29-20-12-31(13-22(20)37-4)24(33)16-5-18(27-3)9-28-8-16/h5-9,14-15,20,22,27,29H,10-13H2,1-4H3/t14-,15+,20-,22-/m0/s1. The predicted octanol–water partition coefficient (Wildman–Crippen LogP) is 2.99. The second-order valence-electron chi connectivity index (χ2n) is 9.52. The van der Waals surface area contributed by atoms with Crippen LogP contribution in [-0.2, 0) is 9.47 Å². The number of nitrogens with zero attached hydrogens (tertiary/aromatic N) is 4. The van der Waals surface area contributed by atoms with Gasteiger partial charge in [-0.3, -0.25) is 24.7 Å². The van der Waals surface area contributed by atoms with Gasteiger partial charge in [0, 0.05) is 63.3 Å². The molecule has 2 fully saturated rings. The molecule has 0 aliphatic carbocycles. The number of hydrogen-bond donors (Lipinski definition) is 2. The Labute approximate surface area is 228 Å². The highest BCUT2D eigenvalue weighted by molar-refractivity contribution is 9.10. The van der Waals surface area contributed by atoms with Gasteiger partial charge in [0.05, 0.1) is 46.1 Å². The number of methoxy groups -OCH3 is 1. The highest BCUT2D eigenvalue weighted by atomic mass is 79.9. The molecule has 2 aliphatic heterocycles. The van der Waals surface area contributed by atoms with Crippen LogP contribution >= 0.6 is 15.9 Å². The van der Waals surface area contributed by atoms with Gasteiger partial charge in [0.1, 0.15) is 5.69 Å². The monoisotopic (exact) mass is 590 g/mol. The molecule has 1 aromatic carbocycles. The summed E-state index contributed by atoms with van der Waals surface area (Å²) in [5, 5.41) is 18.2. The molecule has 2 amide bonds. The molecule has 0 saturated carbocycles. The van der Waals surface area contributed by atoms with Gasteiger partial charge in [0.15, 0.2) is 0 Å². The van der Waals surface area contributed by atoms with Crippen molar-refractivity contribution in [3.8, 4) is 0 Å². The van der Waals surface area contributed by atoms with Gasteiger partial charge in [-0.05, 0) is 26.0 Å². The Morgan fingerprint density at radius 1 is 1.11 bits per heavy atom. The summed E-state index contributed by atoms with van der Waals surface area (Å²) in [6.07, 6.45) is 2.32. The molecular formula is C25H31BrN6O6. The summed E-state index contributed by atoms with van der Waals surface area (Å²) in [6.45, 7) is 4.99. The van der Waals surface area contributed by atoms with Gasteiger partial charge in [-0.1, -0.05) is 15.9 Å². The highest BCUT2D eigenvalue weighted by Crippen LogP contribution is 2.35. The smallest absolute Gasteiger partial charge is 0.294 e. The molecule has 12 nitrogen and oxygen atoms in total. The maximum absolute atomic E-state index is 13.7. The number of aromatic nitrogens is 1. The van der Waals surface area contributed by atoms with Crippen molar-refractivity contribution in [1.29, 1.82) is 0 Å². The second-order valence-corrected chi connectivity index (χ2v) is 10.4. The molecule has 204 valence electrons. The first-order valence-corrected chi connectivity index (χ1v) is 13.0. The molecule has 0 bridgehead atoms. The van der Waals surface area contributed by atoms with Crippen molar-refractivity contribution in [2.45, 2.75) is 38.2 Å². The summed E-state index contributed by atoms with van der Waals surface area (Å²) >= 11 is 3.32. The Morgan fingerprint density at radius 3 is 2.42 bits per heavy atom. The summed E-state index contributed by atoms with van der Waals surface area (Å²) < 4.78 is 11.8. The van der Waals surface area contributed by atoms with Crippen molar-refractivity contribution in [2.24, 2.45) is 0 Å². The molecule has 0 unspecified atom stereocenters. The summed E-state index contributed by atoms with van der Waals surface area (Å²) in [4.78, 5) is 45.8. The number of nitro groups is 1. The van der Waals surface area contributed by atoms with Gasteiger partial charge >= 0.3 is 0 Å². The lowest BCUT2D eigenvalue weighted by molar-refractivity contribution is -0.384. The Hall–Kier alpha value is -3.29. The van der Waals surface area contributed by atoms with Crippen LogP contribution in [0.1, 0.15) is 34.6 Å². The number of rotatable bonds is 7. The van der Waals surface area contributed by atoms with E-state index in [1.54, 1.807) is 35.2 Å². The van der Waals surface area contributed by atoms with Crippen LogP contribution in [-0.4, -0.2) is 96.2 Å². The molecule has 1 aromatic heterocycles. The Morgan fingerprint density at radius 2 is 1.79 bits per heavy atom. The van der Waals surface area contributed by atoms with Crippen LogP contribution < -0.4 is 10.6 Å². The molecule has 2 aromatic rings. The summed E-state index contributed by atoms with van der Waals surface area (Å²) in [6, 6.07) is 4.15. The SMILES string of the molecule is CNc1cncc(C(=O)N2C[C@H](Nc3c(C(=O)N4C[C@@H](C)O[C@@H](C)C4)cc(Br)cc3[N+](=O)[O-])[C@@H](OC)C2)c1. The third-order valence-corrected chi connectivity index (χ3v) is 7.13. The molecule has 2 N–H and O–H groups in total. The van der Waals surface area contributed by atoms with Crippen molar-refractivity contribution in [3.63, 3.8) is 0 Å². The minimum atomic E-state index is -0.525. The van der Waals surface area contributed by atoms with Crippen molar-refractivity contribution in [2.75, 3.05) is 51.0 Å². The van der Waals surface area contributed by atoms with Gasteiger partial charge in [-0.25, -0.2) is 0 Å². The topological polar surface area (TPSA) is 139 Å². The average molecular weight is 591 g/mol. The van der Waals surface area contributed by atoms with E-state index in [1.165, 1.54) is 19.4 Å².